The highest BCUT2D eigenvalue weighted by Gasteiger charge is 2.17. The lowest BCUT2D eigenvalue weighted by molar-refractivity contribution is -0.135. The van der Waals surface area contributed by atoms with Gasteiger partial charge < -0.3 is 9.92 Å². The SMILES string of the molecule is CC(C)[C@@H](N)C(=O)OS. The molecule has 9 heavy (non-hydrogen) atoms. The number of carbonyl (C=O) groups is 1. The van der Waals surface area contributed by atoms with Gasteiger partial charge in [0.2, 0.25) is 0 Å². The molecular formula is C5H11NO2S. The second-order valence-corrected chi connectivity index (χ2v) is 2.36. The predicted molar refractivity (Wildman–Crippen MR) is 37.9 cm³/mol. The summed E-state index contributed by atoms with van der Waals surface area (Å²) < 4.78 is 4.10. The smallest absolute Gasteiger partial charge is 0.334 e. The van der Waals surface area contributed by atoms with Crippen molar-refractivity contribution in [2.24, 2.45) is 11.7 Å². The lowest BCUT2D eigenvalue weighted by Gasteiger charge is -2.10. The normalized spacial score (nSPS) is 13.4. The van der Waals surface area contributed by atoms with E-state index in [1.807, 2.05) is 13.8 Å². The Hall–Kier alpha value is -0.220. The molecule has 54 valence electrons. The van der Waals surface area contributed by atoms with Crippen LogP contribution in [0.5, 0.6) is 0 Å². The molecule has 0 aliphatic heterocycles. The molecule has 0 rings (SSSR count). The Kier molecular flexibility index (Phi) is 3.65. The van der Waals surface area contributed by atoms with Crippen LogP contribution in [0.2, 0.25) is 0 Å². The van der Waals surface area contributed by atoms with Gasteiger partial charge in [0.05, 0.1) is 0 Å². The predicted octanol–water partition coefficient (Wildman–Crippen LogP) is 0.358. The van der Waals surface area contributed by atoms with E-state index in [-0.39, 0.29) is 5.92 Å². The van der Waals surface area contributed by atoms with Crippen LogP contribution in [0.1, 0.15) is 13.8 Å². The molecule has 0 fully saturated rings. The second kappa shape index (κ2) is 3.74. The molecule has 0 heterocycles. The first-order valence-corrected chi connectivity index (χ1v) is 3.07. The summed E-state index contributed by atoms with van der Waals surface area (Å²) in [5.41, 5.74) is 5.35. The van der Waals surface area contributed by atoms with E-state index in [2.05, 4.69) is 17.1 Å². The van der Waals surface area contributed by atoms with Gasteiger partial charge in [-0.3, -0.25) is 0 Å². The van der Waals surface area contributed by atoms with E-state index in [9.17, 15) is 4.79 Å². The van der Waals surface area contributed by atoms with Crippen molar-refractivity contribution in [3.63, 3.8) is 0 Å². The molecule has 0 aliphatic carbocycles. The quantitative estimate of drug-likeness (QED) is 0.440. The number of carbonyl (C=O) groups excluding carboxylic acids is 1. The molecule has 0 unspecified atom stereocenters. The molecule has 4 heteroatoms. The lowest BCUT2D eigenvalue weighted by atomic mass is 10.1. The zero-order chi connectivity index (χ0) is 7.44. The molecule has 0 amide bonds. The molecule has 1 atom stereocenters. The average molecular weight is 149 g/mol. The van der Waals surface area contributed by atoms with Crippen molar-refractivity contribution in [3.8, 4) is 0 Å². The molecule has 0 aromatic rings. The molecule has 0 aromatic carbocycles. The minimum absolute atomic E-state index is 0.102. The van der Waals surface area contributed by atoms with Crippen LogP contribution in [-0.2, 0) is 8.98 Å². The van der Waals surface area contributed by atoms with Crippen LogP contribution in [0.4, 0.5) is 0 Å². The molecule has 0 saturated heterocycles. The number of hydrogen-bond donors (Lipinski definition) is 2. The van der Waals surface area contributed by atoms with Crippen molar-refractivity contribution in [2.45, 2.75) is 19.9 Å². The van der Waals surface area contributed by atoms with Crippen LogP contribution in [0.15, 0.2) is 0 Å². The van der Waals surface area contributed by atoms with Crippen LogP contribution in [0, 0.1) is 5.92 Å². The fourth-order valence-corrected chi connectivity index (χ4v) is 0.455. The maximum Gasteiger partial charge on any atom is 0.334 e. The molecule has 2 N–H and O–H groups in total. The Morgan fingerprint density at radius 3 is 2.22 bits per heavy atom. The maximum absolute atomic E-state index is 10.5. The van der Waals surface area contributed by atoms with Gasteiger partial charge in [-0.25, -0.2) is 4.79 Å². The summed E-state index contributed by atoms with van der Waals surface area (Å²) in [4.78, 5) is 10.5. The minimum atomic E-state index is -0.553. The van der Waals surface area contributed by atoms with E-state index < -0.39 is 12.0 Å². The van der Waals surface area contributed by atoms with Gasteiger partial charge in [-0.2, -0.15) is 0 Å². The van der Waals surface area contributed by atoms with Crippen LogP contribution >= 0.6 is 12.9 Å². The largest absolute Gasteiger partial charge is 0.393 e. The second-order valence-electron chi connectivity index (χ2n) is 2.18. The average Bonchev–Trinajstić information content (AvgIpc) is 1.84. The third-order valence-electron chi connectivity index (χ3n) is 1.08. The molecule has 0 aliphatic rings. The molecule has 0 saturated carbocycles. The number of hydrogen-bond acceptors (Lipinski definition) is 4. The highest BCUT2D eigenvalue weighted by molar-refractivity contribution is 7.75. The first kappa shape index (κ1) is 8.78. The van der Waals surface area contributed by atoms with Gasteiger partial charge in [0.1, 0.15) is 6.04 Å². The van der Waals surface area contributed by atoms with Crippen molar-refractivity contribution in [3.05, 3.63) is 0 Å². The Morgan fingerprint density at radius 2 is 2.11 bits per heavy atom. The van der Waals surface area contributed by atoms with Crippen molar-refractivity contribution < 1.29 is 8.98 Å². The maximum atomic E-state index is 10.5. The van der Waals surface area contributed by atoms with E-state index in [0.29, 0.717) is 0 Å². The molecule has 0 spiro atoms. The fraction of sp³-hybridized carbons (Fsp3) is 0.800. The van der Waals surface area contributed by atoms with Crippen molar-refractivity contribution in [1.29, 1.82) is 0 Å². The number of rotatable bonds is 2. The Bertz CT molecular complexity index is 105. The molecule has 0 aromatic heterocycles. The van der Waals surface area contributed by atoms with E-state index in [0.717, 1.165) is 0 Å². The van der Waals surface area contributed by atoms with Gasteiger partial charge >= 0.3 is 5.97 Å². The van der Waals surface area contributed by atoms with Gasteiger partial charge in [-0.05, 0) is 5.92 Å². The van der Waals surface area contributed by atoms with Gasteiger partial charge in [0.15, 0.2) is 0 Å². The first-order valence-electron chi connectivity index (χ1n) is 2.70. The zero-order valence-corrected chi connectivity index (χ0v) is 6.39. The zero-order valence-electron chi connectivity index (χ0n) is 5.50. The van der Waals surface area contributed by atoms with Crippen LogP contribution in [0.25, 0.3) is 0 Å². The van der Waals surface area contributed by atoms with Gasteiger partial charge in [-0.15, -0.1) is 0 Å². The fourth-order valence-electron chi connectivity index (χ4n) is 0.333. The summed E-state index contributed by atoms with van der Waals surface area (Å²) in [5.74, 6) is -0.377. The molecule has 3 nitrogen and oxygen atoms in total. The molecule has 0 bridgehead atoms. The Morgan fingerprint density at radius 1 is 1.67 bits per heavy atom. The van der Waals surface area contributed by atoms with Gasteiger partial charge in [0, 0.05) is 12.9 Å². The molecule has 0 radical (unpaired) electrons. The highest BCUT2D eigenvalue weighted by atomic mass is 32.1. The van der Waals surface area contributed by atoms with E-state index in [1.165, 1.54) is 0 Å². The van der Waals surface area contributed by atoms with Crippen LogP contribution in [-0.4, -0.2) is 12.0 Å². The van der Waals surface area contributed by atoms with Gasteiger partial charge in [0.25, 0.3) is 0 Å². The third kappa shape index (κ3) is 2.72. The standard InChI is InChI=1S/C5H11NO2S/c1-3(2)4(6)5(7)8-9/h3-4,9H,6H2,1-2H3/t4-/m1/s1. The van der Waals surface area contributed by atoms with E-state index in [1.54, 1.807) is 0 Å². The number of nitrogens with two attached hydrogens (primary N) is 1. The Labute approximate surface area is 60.2 Å². The topological polar surface area (TPSA) is 52.3 Å². The Balaban J connectivity index is 3.72. The van der Waals surface area contributed by atoms with E-state index in [4.69, 9.17) is 5.73 Å². The number of thiol groups is 1. The van der Waals surface area contributed by atoms with Crippen molar-refractivity contribution >= 4 is 18.9 Å². The first-order chi connectivity index (χ1) is 4.09. The summed E-state index contributed by atoms with van der Waals surface area (Å²) in [6.45, 7) is 3.69. The summed E-state index contributed by atoms with van der Waals surface area (Å²) in [7, 11) is 0. The summed E-state index contributed by atoms with van der Waals surface area (Å²) in [6, 6.07) is -0.553. The monoisotopic (exact) mass is 149 g/mol. The lowest BCUT2D eigenvalue weighted by Crippen LogP contribution is -2.35. The summed E-state index contributed by atoms with van der Waals surface area (Å²) in [5, 5.41) is 0. The van der Waals surface area contributed by atoms with Crippen LogP contribution < -0.4 is 5.73 Å². The van der Waals surface area contributed by atoms with E-state index >= 15 is 0 Å². The summed E-state index contributed by atoms with van der Waals surface area (Å²) >= 11 is 3.32. The van der Waals surface area contributed by atoms with Gasteiger partial charge in [-0.1, -0.05) is 13.8 Å². The molecular weight excluding hydrogens is 138 g/mol. The van der Waals surface area contributed by atoms with Crippen molar-refractivity contribution in [1.82, 2.24) is 0 Å². The van der Waals surface area contributed by atoms with Crippen molar-refractivity contribution in [2.75, 3.05) is 0 Å². The minimum Gasteiger partial charge on any atom is -0.393 e. The highest BCUT2D eigenvalue weighted by Crippen LogP contribution is 2.00. The summed E-state index contributed by atoms with van der Waals surface area (Å²) in [6.07, 6.45) is 0. The van der Waals surface area contributed by atoms with Crippen LogP contribution in [0.3, 0.4) is 0 Å². The third-order valence-corrected chi connectivity index (χ3v) is 1.26.